The summed E-state index contributed by atoms with van der Waals surface area (Å²) in [4.78, 5) is 17.5. The van der Waals surface area contributed by atoms with E-state index < -0.39 is 0 Å². The molecule has 1 amide bonds. The molecule has 0 aliphatic carbocycles. The summed E-state index contributed by atoms with van der Waals surface area (Å²) >= 11 is 3.35. The van der Waals surface area contributed by atoms with Crippen molar-refractivity contribution in [2.75, 3.05) is 26.0 Å². The molecule has 5 heteroatoms. The van der Waals surface area contributed by atoms with Crippen molar-refractivity contribution in [2.45, 2.75) is 23.8 Å². The van der Waals surface area contributed by atoms with Crippen LogP contribution in [-0.2, 0) is 4.74 Å². The molecule has 0 unspecified atom stereocenters. The second kappa shape index (κ2) is 7.99. The number of benzene rings is 1. The van der Waals surface area contributed by atoms with Crippen LogP contribution >= 0.6 is 23.1 Å². The second-order valence-corrected chi connectivity index (χ2v) is 7.88. The van der Waals surface area contributed by atoms with E-state index in [0.29, 0.717) is 0 Å². The van der Waals surface area contributed by atoms with Gasteiger partial charge in [-0.15, -0.1) is 23.1 Å². The highest BCUT2D eigenvalue weighted by Gasteiger charge is 2.21. The summed E-state index contributed by atoms with van der Waals surface area (Å²) in [7, 11) is 1.87. The van der Waals surface area contributed by atoms with Gasteiger partial charge in [-0.3, -0.25) is 4.79 Å². The van der Waals surface area contributed by atoms with E-state index in [0.717, 1.165) is 36.6 Å². The number of hydrogen-bond acceptors (Lipinski definition) is 4. The molecule has 1 fully saturated rings. The first-order valence-corrected chi connectivity index (χ1v) is 9.69. The Morgan fingerprint density at radius 1 is 1.30 bits per heavy atom. The molecule has 122 valence electrons. The van der Waals surface area contributed by atoms with Crippen LogP contribution in [0, 0.1) is 0 Å². The van der Waals surface area contributed by atoms with E-state index in [-0.39, 0.29) is 12.0 Å². The van der Waals surface area contributed by atoms with Crippen molar-refractivity contribution in [3.63, 3.8) is 0 Å². The lowest BCUT2D eigenvalue weighted by Gasteiger charge is -2.16. The molecule has 1 aromatic carbocycles. The minimum Gasteiger partial charge on any atom is -0.373 e. The molecule has 0 radical (unpaired) electrons. The molecule has 3 nitrogen and oxygen atoms in total. The maximum absolute atomic E-state index is 12.5. The summed E-state index contributed by atoms with van der Waals surface area (Å²) in [5.74, 6) is 1.00. The Kier molecular flexibility index (Phi) is 5.75. The Morgan fingerprint density at radius 3 is 2.87 bits per heavy atom. The molecule has 2 aromatic rings. The van der Waals surface area contributed by atoms with Gasteiger partial charge in [-0.05, 0) is 37.1 Å². The molecule has 1 aromatic heterocycles. The zero-order chi connectivity index (χ0) is 16.1. The number of hydrogen-bond donors (Lipinski definition) is 0. The topological polar surface area (TPSA) is 29.5 Å². The van der Waals surface area contributed by atoms with Crippen LogP contribution in [0.4, 0.5) is 0 Å². The minimum absolute atomic E-state index is 0.105. The fourth-order valence-corrected chi connectivity index (χ4v) is 4.59. The third-order valence-corrected chi connectivity index (χ3v) is 6.03. The number of carbonyl (C=O) groups excluding carboxylic acids is 1. The Morgan fingerprint density at radius 2 is 2.13 bits per heavy atom. The van der Waals surface area contributed by atoms with Gasteiger partial charge in [-0.25, -0.2) is 0 Å². The van der Waals surface area contributed by atoms with Crippen molar-refractivity contribution >= 4 is 29.0 Å². The number of carbonyl (C=O) groups is 1. The maximum atomic E-state index is 12.5. The summed E-state index contributed by atoms with van der Waals surface area (Å²) in [6.45, 7) is 1.58. The van der Waals surface area contributed by atoms with Crippen LogP contribution < -0.4 is 0 Å². The number of rotatable bonds is 6. The lowest BCUT2D eigenvalue weighted by Crippen LogP contribution is -2.28. The van der Waals surface area contributed by atoms with Crippen molar-refractivity contribution in [3.05, 3.63) is 52.2 Å². The number of amides is 1. The zero-order valence-electron chi connectivity index (χ0n) is 13.2. The van der Waals surface area contributed by atoms with E-state index >= 15 is 0 Å². The average Bonchev–Trinajstić information content (AvgIpc) is 3.26. The number of thioether (sulfide) groups is 1. The van der Waals surface area contributed by atoms with Crippen molar-refractivity contribution in [2.24, 2.45) is 0 Å². The van der Waals surface area contributed by atoms with Gasteiger partial charge in [-0.1, -0.05) is 18.2 Å². The summed E-state index contributed by atoms with van der Waals surface area (Å²) in [5, 5.41) is 0. The molecule has 0 N–H and O–H groups in total. The van der Waals surface area contributed by atoms with Crippen molar-refractivity contribution in [3.8, 4) is 0 Å². The molecule has 0 saturated carbocycles. The molecule has 1 aliphatic heterocycles. The van der Waals surface area contributed by atoms with E-state index in [1.54, 1.807) is 28.0 Å². The maximum Gasteiger partial charge on any atom is 0.263 e. The standard InChI is InChI=1S/C18H21NO2S2/c1-19(11-13-22-14-6-3-2-4-7-14)18(20)17-10-9-16(23-17)15-8-5-12-21-15/h2-4,6-7,9-10,15H,5,8,11-13H2,1H3/t15-/m1/s1. The average molecular weight is 348 g/mol. The van der Waals surface area contributed by atoms with E-state index in [2.05, 4.69) is 12.1 Å². The smallest absolute Gasteiger partial charge is 0.263 e. The monoisotopic (exact) mass is 347 g/mol. The number of thiophene rings is 1. The highest BCUT2D eigenvalue weighted by molar-refractivity contribution is 7.99. The van der Waals surface area contributed by atoms with Gasteiger partial charge in [0, 0.05) is 35.7 Å². The number of ether oxygens (including phenoxy) is 1. The predicted octanol–water partition coefficient (Wildman–Crippen LogP) is 4.46. The lowest BCUT2D eigenvalue weighted by molar-refractivity contribution is 0.0808. The third kappa shape index (κ3) is 4.37. The summed E-state index contributed by atoms with van der Waals surface area (Å²) in [6, 6.07) is 14.3. The van der Waals surface area contributed by atoms with Crippen molar-refractivity contribution in [1.82, 2.24) is 4.90 Å². The van der Waals surface area contributed by atoms with E-state index in [1.807, 2.05) is 37.4 Å². The highest BCUT2D eigenvalue weighted by atomic mass is 32.2. The van der Waals surface area contributed by atoms with Gasteiger partial charge >= 0.3 is 0 Å². The van der Waals surface area contributed by atoms with Crippen LogP contribution in [0.3, 0.4) is 0 Å². The van der Waals surface area contributed by atoms with Gasteiger partial charge < -0.3 is 9.64 Å². The Balaban J connectivity index is 1.51. The molecule has 2 heterocycles. The van der Waals surface area contributed by atoms with Gasteiger partial charge in [0.05, 0.1) is 11.0 Å². The van der Waals surface area contributed by atoms with Crippen LogP contribution in [0.2, 0.25) is 0 Å². The first-order valence-electron chi connectivity index (χ1n) is 7.88. The molecular weight excluding hydrogens is 326 g/mol. The lowest BCUT2D eigenvalue weighted by atomic mass is 10.2. The third-order valence-electron chi connectivity index (χ3n) is 3.87. The van der Waals surface area contributed by atoms with E-state index in [9.17, 15) is 4.79 Å². The molecule has 1 aliphatic rings. The van der Waals surface area contributed by atoms with Crippen LogP contribution in [0.5, 0.6) is 0 Å². The van der Waals surface area contributed by atoms with Gasteiger partial charge in [0.1, 0.15) is 0 Å². The minimum atomic E-state index is 0.105. The van der Waals surface area contributed by atoms with Gasteiger partial charge in [0.2, 0.25) is 0 Å². The normalized spacial score (nSPS) is 17.3. The van der Waals surface area contributed by atoms with Crippen LogP contribution in [0.1, 0.15) is 33.5 Å². The highest BCUT2D eigenvalue weighted by Crippen LogP contribution is 2.33. The molecular formula is C18H21NO2S2. The van der Waals surface area contributed by atoms with E-state index in [4.69, 9.17) is 4.74 Å². The fraction of sp³-hybridized carbons (Fsp3) is 0.389. The Labute approximate surface area is 145 Å². The molecule has 23 heavy (non-hydrogen) atoms. The molecule has 1 atom stereocenters. The van der Waals surface area contributed by atoms with Gasteiger partial charge in [0.15, 0.2) is 0 Å². The van der Waals surface area contributed by atoms with Crippen LogP contribution in [0.25, 0.3) is 0 Å². The Hall–Kier alpha value is -1.30. The zero-order valence-corrected chi connectivity index (χ0v) is 14.9. The second-order valence-electron chi connectivity index (χ2n) is 5.59. The molecule has 0 bridgehead atoms. The van der Waals surface area contributed by atoms with E-state index in [1.165, 1.54) is 9.77 Å². The summed E-state index contributed by atoms with van der Waals surface area (Å²) in [6.07, 6.45) is 2.38. The first-order chi connectivity index (χ1) is 11.2. The van der Waals surface area contributed by atoms with Crippen LogP contribution in [0.15, 0.2) is 47.4 Å². The fourth-order valence-electron chi connectivity index (χ4n) is 2.55. The van der Waals surface area contributed by atoms with Crippen molar-refractivity contribution < 1.29 is 9.53 Å². The molecule has 0 spiro atoms. The van der Waals surface area contributed by atoms with Crippen molar-refractivity contribution in [1.29, 1.82) is 0 Å². The van der Waals surface area contributed by atoms with Gasteiger partial charge in [0.25, 0.3) is 5.91 Å². The Bertz CT molecular complexity index is 635. The largest absolute Gasteiger partial charge is 0.373 e. The SMILES string of the molecule is CN(CCSc1ccccc1)C(=O)c1ccc([C@H]2CCCO2)s1. The molecule has 1 saturated heterocycles. The quantitative estimate of drug-likeness (QED) is 0.722. The first kappa shape index (κ1) is 16.6. The number of nitrogens with zero attached hydrogens (tertiary/aromatic N) is 1. The summed E-state index contributed by atoms with van der Waals surface area (Å²) < 4.78 is 5.69. The van der Waals surface area contributed by atoms with Crippen LogP contribution in [-0.4, -0.2) is 36.8 Å². The summed E-state index contributed by atoms with van der Waals surface area (Å²) in [5.41, 5.74) is 0. The predicted molar refractivity (Wildman–Crippen MR) is 96.4 cm³/mol. The molecule has 3 rings (SSSR count). The van der Waals surface area contributed by atoms with Gasteiger partial charge in [-0.2, -0.15) is 0 Å².